The monoisotopic (exact) mass is 265 g/mol. The first-order valence-corrected chi connectivity index (χ1v) is 5.54. The van der Waals surface area contributed by atoms with Crippen molar-refractivity contribution < 1.29 is 0 Å². The minimum atomic E-state index is 0.493. The molecule has 0 aliphatic heterocycles. The van der Waals surface area contributed by atoms with Gasteiger partial charge in [-0.1, -0.05) is 28.1 Å². The topological polar surface area (TPSA) is 43.8 Å². The standard InChI is InChI=1S/C11H12BrN3/c12-10-3-1-9(2-4-10)8-15-6-5-11(7-13)14-15/h1-6H,7-8,13H2. The highest BCUT2D eigenvalue weighted by Crippen LogP contribution is 2.11. The van der Waals surface area contributed by atoms with Crippen LogP contribution in [0.2, 0.25) is 0 Å². The molecule has 0 bridgehead atoms. The summed E-state index contributed by atoms with van der Waals surface area (Å²) in [5.74, 6) is 0. The minimum absolute atomic E-state index is 0.493. The second-order valence-electron chi connectivity index (χ2n) is 3.34. The third-order valence-electron chi connectivity index (χ3n) is 2.16. The minimum Gasteiger partial charge on any atom is -0.325 e. The molecule has 0 amide bonds. The summed E-state index contributed by atoms with van der Waals surface area (Å²) >= 11 is 3.41. The number of nitrogens with two attached hydrogens (primary N) is 1. The van der Waals surface area contributed by atoms with E-state index in [2.05, 4.69) is 33.2 Å². The molecule has 0 aliphatic rings. The number of nitrogens with zero attached hydrogens (tertiary/aromatic N) is 2. The Balaban J connectivity index is 2.11. The normalized spacial score (nSPS) is 10.5. The molecule has 0 radical (unpaired) electrons. The van der Waals surface area contributed by atoms with Crippen molar-refractivity contribution >= 4 is 15.9 Å². The van der Waals surface area contributed by atoms with Crippen LogP contribution in [-0.4, -0.2) is 9.78 Å². The van der Waals surface area contributed by atoms with E-state index in [9.17, 15) is 0 Å². The van der Waals surface area contributed by atoms with Crippen LogP contribution in [0.15, 0.2) is 41.0 Å². The van der Waals surface area contributed by atoms with Gasteiger partial charge in [-0.15, -0.1) is 0 Å². The maximum absolute atomic E-state index is 5.49. The van der Waals surface area contributed by atoms with Gasteiger partial charge in [0.15, 0.2) is 0 Å². The van der Waals surface area contributed by atoms with E-state index in [1.54, 1.807) is 0 Å². The molecular weight excluding hydrogens is 254 g/mol. The summed E-state index contributed by atoms with van der Waals surface area (Å²) in [6, 6.07) is 10.2. The van der Waals surface area contributed by atoms with Crippen molar-refractivity contribution in [3.8, 4) is 0 Å². The zero-order valence-electron chi connectivity index (χ0n) is 8.23. The zero-order valence-corrected chi connectivity index (χ0v) is 9.81. The van der Waals surface area contributed by atoms with E-state index in [0.717, 1.165) is 16.7 Å². The highest BCUT2D eigenvalue weighted by atomic mass is 79.9. The van der Waals surface area contributed by atoms with Crippen molar-refractivity contribution in [2.75, 3.05) is 0 Å². The Hall–Kier alpha value is -1.13. The molecule has 1 aromatic heterocycles. The maximum Gasteiger partial charge on any atom is 0.0760 e. The molecule has 1 heterocycles. The summed E-state index contributed by atoms with van der Waals surface area (Å²) in [6.07, 6.45) is 1.95. The number of aromatic nitrogens is 2. The largest absolute Gasteiger partial charge is 0.325 e. The van der Waals surface area contributed by atoms with Gasteiger partial charge in [-0.05, 0) is 23.8 Å². The SMILES string of the molecule is NCc1ccn(Cc2ccc(Br)cc2)n1. The lowest BCUT2D eigenvalue weighted by Crippen LogP contribution is -2.03. The first kappa shape index (κ1) is 10.4. The Morgan fingerprint density at radius 3 is 2.53 bits per heavy atom. The Morgan fingerprint density at radius 2 is 1.93 bits per heavy atom. The Labute approximate surface area is 97.0 Å². The van der Waals surface area contributed by atoms with E-state index >= 15 is 0 Å². The number of hydrogen-bond donors (Lipinski definition) is 1. The molecule has 0 unspecified atom stereocenters. The Kier molecular flexibility index (Phi) is 3.18. The van der Waals surface area contributed by atoms with E-state index in [4.69, 9.17) is 5.73 Å². The van der Waals surface area contributed by atoms with Crippen LogP contribution in [0, 0.1) is 0 Å². The van der Waals surface area contributed by atoms with Gasteiger partial charge >= 0.3 is 0 Å². The van der Waals surface area contributed by atoms with E-state index in [0.29, 0.717) is 6.54 Å². The third-order valence-corrected chi connectivity index (χ3v) is 2.69. The lowest BCUT2D eigenvalue weighted by atomic mass is 10.2. The molecule has 1 aromatic carbocycles. The fourth-order valence-corrected chi connectivity index (χ4v) is 1.64. The number of hydrogen-bond acceptors (Lipinski definition) is 2. The molecule has 2 rings (SSSR count). The summed E-state index contributed by atoms with van der Waals surface area (Å²) in [5, 5.41) is 4.33. The van der Waals surface area contributed by atoms with Crippen molar-refractivity contribution in [1.29, 1.82) is 0 Å². The van der Waals surface area contributed by atoms with E-state index in [-0.39, 0.29) is 0 Å². The maximum atomic E-state index is 5.49. The average Bonchev–Trinajstić information content (AvgIpc) is 2.69. The summed E-state index contributed by atoms with van der Waals surface area (Å²) < 4.78 is 2.99. The van der Waals surface area contributed by atoms with Crippen LogP contribution < -0.4 is 5.73 Å². The van der Waals surface area contributed by atoms with Crippen LogP contribution in [0.1, 0.15) is 11.3 Å². The molecule has 0 atom stereocenters. The van der Waals surface area contributed by atoms with Gasteiger partial charge in [0, 0.05) is 17.2 Å². The summed E-state index contributed by atoms with van der Waals surface area (Å²) in [5.41, 5.74) is 7.64. The van der Waals surface area contributed by atoms with Crippen LogP contribution >= 0.6 is 15.9 Å². The summed E-state index contributed by atoms with van der Waals surface area (Å²) in [6.45, 7) is 1.28. The second-order valence-corrected chi connectivity index (χ2v) is 4.25. The van der Waals surface area contributed by atoms with Crippen molar-refractivity contribution in [2.45, 2.75) is 13.1 Å². The quantitative estimate of drug-likeness (QED) is 0.925. The van der Waals surface area contributed by atoms with Crippen LogP contribution in [-0.2, 0) is 13.1 Å². The molecule has 0 saturated carbocycles. The average molecular weight is 266 g/mol. The first-order valence-electron chi connectivity index (χ1n) is 4.75. The molecule has 0 spiro atoms. The third kappa shape index (κ3) is 2.67. The van der Waals surface area contributed by atoms with Gasteiger partial charge < -0.3 is 5.73 Å². The number of benzene rings is 1. The second kappa shape index (κ2) is 4.59. The Morgan fingerprint density at radius 1 is 1.20 bits per heavy atom. The van der Waals surface area contributed by atoms with Crippen molar-refractivity contribution in [3.05, 3.63) is 52.3 Å². The zero-order chi connectivity index (χ0) is 10.7. The molecule has 2 aromatic rings. The van der Waals surface area contributed by atoms with Gasteiger partial charge in [-0.25, -0.2) is 0 Å². The van der Waals surface area contributed by atoms with E-state index in [1.807, 2.05) is 29.1 Å². The lowest BCUT2D eigenvalue weighted by molar-refractivity contribution is 0.672. The smallest absolute Gasteiger partial charge is 0.0760 e. The molecule has 0 aliphatic carbocycles. The molecule has 4 heteroatoms. The van der Waals surface area contributed by atoms with Crippen molar-refractivity contribution in [3.63, 3.8) is 0 Å². The Bertz CT molecular complexity index is 433. The molecule has 3 nitrogen and oxygen atoms in total. The van der Waals surface area contributed by atoms with Crippen molar-refractivity contribution in [1.82, 2.24) is 9.78 Å². The van der Waals surface area contributed by atoms with E-state index < -0.39 is 0 Å². The van der Waals surface area contributed by atoms with E-state index in [1.165, 1.54) is 5.56 Å². The molecule has 0 saturated heterocycles. The van der Waals surface area contributed by atoms with Gasteiger partial charge in [0.25, 0.3) is 0 Å². The first-order chi connectivity index (χ1) is 7.28. The van der Waals surface area contributed by atoms with Gasteiger partial charge in [-0.2, -0.15) is 5.10 Å². The predicted octanol–water partition coefficient (Wildman–Crippen LogP) is 2.15. The predicted molar refractivity (Wildman–Crippen MR) is 63.4 cm³/mol. The number of rotatable bonds is 3. The van der Waals surface area contributed by atoms with Crippen LogP contribution in [0.25, 0.3) is 0 Å². The molecule has 15 heavy (non-hydrogen) atoms. The molecular formula is C11H12BrN3. The summed E-state index contributed by atoms with van der Waals surface area (Å²) in [4.78, 5) is 0. The van der Waals surface area contributed by atoms with Crippen LogP contribution in [0.3, 0.4) is 0 Å². The lowest BCUT2D eigenvalue weighted by Gasteiger charge is -2.01. The van der Waals surface area contributed by atoms with Gasteiger partial charge in [0.2, 0.25) is 0 Å². The van der Waals surface area contributed by atoms with Crippen LogP contribution in [0.4, 0.5) is 0 Å². The summed E-state index contributed by atoms with van der Waals surface area (Å²) in [7, 11) is 0. The van der Waals surface area contributed by atoms with Crippen molar-refractivity contribution in [2.24, 2.45) is 5.73 Å². The molecule has 78 valence electrons. The highest BCUT2D eigenvalue weighted by molar-refractivity contribution is 9.10. The molecule has 2 N–H and O–H groups in total. The fraction of sp³-hybridized carbons (Fsp3) is 0.182. The number of halogens is 1. The fourth-order valence-electron chi connectivity index (χ4n) is 1.38. The van der Waals surface area contributed by atoms with Crippen LogP contribution in [0.5, 0.6) is 0 Å². The highest BCUT2D eigenvalue weighted by Gasteiger charge is 1.98. The van der Waals surface area contributed by atoms with Gasteiger partial charge in [0.1, 0.15) is 0 Å². The van der Waals surface area contributed by atoms with Gasteiger partial charge in [-0.3, -0.25) is 4.68 Å². The van der Waals surface area contributed by atoms with Gasteiger partial charge in [0.05, 0.1) is 12.2 Å². The molecule has 0 fully saturated rings.